The fourth-order valence-electron chi connectivity index (χ4n) is 0.313. The second kappa shape index (κ2) is 48.1. The van der Waals surface area contributed by atoms with Crippen LogP contribution in [0.1, 0.15) is 34.1 Å². The fourth-order valence-corrected chi connectivity index (χ4v) is 0.313. The highest BCUT2D eigenvalue weighted by atomic mass is 19.1. The molecule has 0 aliphatic carbocycles. The number of halogens is 2. The molecule has 0 saturated heterocycles. The van der Waals surface area contributed by atoms with Crippen molar-refractivity contribution in [2.24, 2.45) is 0 Å². The lowest BCUT2D eigenvalue weighted by Gasteiger charge is -1.70. The predicted molar refractivity (Wildman–Crippen MR) is 71.3 cm³/mol. The van der Waals surface area contributed by atoms with Crippen molar-refractivity contribution < 1.29 is 8.71 Å². The van der Waals surface area contributed by atoms with Gasteiger partial charge in [0.2, 0.25) is 0 Å². The number of pyridine rings is 1. The second-order valence-corrected chi connectivity index (χ2v) is 1.95. The summed E-state index contributed by atoms with van der Waals surface area (Å²) in [5.74, 6) is 0. The molecule has 0 N–H and O–H groups in total. The van der Waals surface area contributed by atoms with E-state index in [0.29, 0.717) is 14.7 Å². The third-order valence-corrected chi connectivity index (χ3v) is 0.566. The van der Waals surface area contributed by atoms with E-state index >= 15 is 0 Å². The summed E-state index contributed by atoms with van der Waals surface area (Å²) in [6.45, 7) is 9.58. The van der Waals surface area contributed by atoms with Crippen molar-refractivity contribution in [3.63, 3.8) is 0 Å². The standard InChI is InChI=1S/C5H5N.C3H8.C2H6.CH3BF.CH3F/c1-2-4-6-5-3-1;1-3-2;1-2;1-2-3;1-2/h1-5H;3H2,1-2H3;1-2H3;1H3;1H3/i;;;;2-1. The molecular weight excluding hydrogens is 206 g/mol. The van der Waals surface area contributed by atoms with Crippen LogP contribution in [-0.4, -0.2) is 19.7 Å². The first-order valence-electron chi connectivity index (χ1n) is 5.44. The van der Waals surface area contributed by atoms with Crippen molar-refractivity contribution >= 4 is 7.56 Å². The lowest BCUT2D eigenvalue weighted by molar-refractivity contribution is 0.636. The van der Waals surface area contributed by atoms with E-state index in [2.05, 4.69) is 18.8 Å². The molecule has 1 rings (SSSR count). The SMILES string of the molecule is CC.CCC.C[18F].C[B]F.c1ccncc1. The summed E-state index contributed by atoms with van der Waals surface area (Å²) >= 11 is 0. The molecule has 0 amide bonds. The van der Waals surface area contributed by atoms with Gasteiger partial charge in [0.15, 0.2) is 0 Å². The Kier molecular flexibility index (Phi) is 73.2. The summed E-state index contributed by atoms with van der Waals surface area (Å²) < 4.78 is 19.7. The van der Waals surface area contributed by atoms with Crippen LogP contribution in [-0.2, 0) is 0 Å². The molecule has 4 heteroatoms. The van der Waals surface area contributed by atoms with Crippen LogP contribution >= 0.6 is 0 Å². The van der Waals surface area contributed by atoms with Crippen LogP contribution in [0.4, 0.5) is 8.71 Å². The predicted octanol–water partition coefficient (Wildman–Crippen LogP) is 4.73. The van der Waals surface area contributed by atoms with Crippen LogP contribution in [0.25, 0.3) is 0 Å². The average Bonchev–Trinajstić information content (AvgIpc) is 2.38. The van der Waals surface area contributed by atoms with Crippen molar-refractivity contribution in [1.82, 2.24) is 4.98 Å². The van der Waals surface area contributed by atoms with Gasteiger partial charge in [-0.2, -0.15) is 0 Å². The molecule has 0 spiro atoms. The number of nitrogens with zero attached hydrogens (tertiary/aromatic N) is 1. The number of aromatic nitrogens is 1. The zero-order valence-electron chi connectivity index (χ0n) is 11.4. The summed E-state index contributed by atoms with van der Waals surface area (Å²) in [7, 11) is 1.00. The van der Waals surface area contributed by atoms with Gasteiger partial charge in [-0.1, -0.05) is 47.0 Å². The van der Waals surface area contributed by atoms with Gasteiger partial charge < -0.3 is 4.32 Å². The van der Waals surface area contributed by atoms with Crippen LogP contribution in [0, 0.1) is 0 Å². The van der Waals surface area contributed by atoms with E-state index in [9.17, 15) is 8.71 Å². The zero-order chi connectivity index (χ0) is 13.7. The Labute approximate surface area is 101 Å². The first kappa shape index (κ1) is 24.3. The van der Waals surface area contributed by atoms with Crippen molar-refractivity contribution in [3.8, 4) is 0 Å². The summed E-state index contributed by atoms with van der Waals surface area (Å²) in [5, 5.41) is 0. The number of rotatable bonds is 0. The Bertz CT molecular complexity index is 111. The van der Waals surface area contributed by atoms with Gasteiger partial charge in [-0.25, -0.2) is 0 Å². The monoisotopic (exact) mass is 231 g/mol. The van der Waals surface area contributed by atoms with Gasteiger partial charge in [-0.05, 0) is 12.1 Å². The van der Waals surface area contributed by atoms with Gasteiger partial charge in [0.05, 0.1) is 7.18 Å². The van der Waals surface area contributed by atoms with E-state index < -0.39 is 0 Å². The van der Waals surface area contributed by atoms with Gasteiger partial charge in [0, 0.05) is 12.4 Å². The van der Waals surface area contributed by atoms with E-state index in [1.807, 2.05) is 32.0 Å². The van der Waals surface area contributed by atoms with E-state index in [0.717, 1.165) is 0 Å². The molecule has 16 heavy (non-hydrogen) atoms. The van der Waals surface area contributed by atoms with Crippen molar-refractivity contribution in [2.75, 3.05) is 7.18 Å². The minimum absolute atomic E-state index is 0.500. The Morgan fingerprint density at radius 3 is 1.31 bits per heavy atom. The maximum Gasteiger partial charge on any atom is 0.351 e. The van der Waals surface area contributed by atoms with Gasteiger partial charge in [-0.15, -0.1) is 0 Å². The highest BCUT2D eigenvalue weighted by Crippen LogP contribution is 1.73. The quantitative estimate of drug-likeness (QED) is 0.588. The molecule has 0 aliphatic heterocycles. The molecular formula is C12H25BF2N. The molecule has 0 atom stereocenters. The number of hydrogen-bond acceptors (Lipinski definition) is 1. The average molecular weight is 231 g/mol. The van der Waals surface area contributed by atoms with Crippen LogP contribution < -0.4 is 0 Å². The molecule has 0 bridgehead atoms. The lowest BCUT2D eigenvalue weighted by atomic mass is 10.2. The topological polar surface area (TPSA) is 12.9 Å². The minimum atomic E-state index is 0.500. The Morgan fingerprint density at radius 1 is 1.00 bits per heavy atom. The summed E-state index contributed by atoms with van der Waals surface area (Å²) in [5.41, 5.74) is 0. The smallest absolute Gasteiger partial charge is 0.343 e. The second-order valence-electron chi connectivity index (χ2n) is 1.95. The Morgan fingerprint density at radius 2 is 1.25 bits per heavy atom. The largest absolute Gasteiger partial charge is 0.351 e. The van der Waals surface area contributed by atoms with E-state index in [1.54, 1.807) is 12.4 Å². The molecule has 1 aromatic rings. The van der Waals surface area contributed by atoms with Crippen LogP contribution in [0.15, 0.2) is 30.6 Å². The maximum atomic E-state index is 10.2. The number of alkyl halides is 1. The van der Waals surface area contributed by atoms with Crippen molar-refractivity contribution in [2.45, 2.75) is 40.9 Å². The zero-order valence-corrected chi connectivity index (χ0v) is 11.4. The van der Waals surface area contributed by atoms with Gasteiger partial charge in [0.25, 0.3) is 0 Å². The first-order chi connectivity index (χ1) is 7.83. The lowest BCUT2D eigenvalue weighted by Crippen LogP contribution is -1.58. The molecule has 1 nitrogen and oxygen atoms in total. The van der Waals surface area contributed by atoms with E-state index in [-0.39, 0.29) is 0 Å². The molecule has 1 heterocycles. The van der Waals surface area contributed by atoms with Gasteiger partial charge in [0.1, 0.15) is 0 Å². The van der Waals surface area contributed by atoms with Crippen molar-refractivity contribution in [3.05, 3.63) is 30.6 Å². The molecule has 0 aromatic carbocycles. The van der Waals surface area contributed by atoms with E-state index in [1.165, 1.54) is 13.2 Å². The Balaban J connectivity index is -0.0000000630. The summed E-state index contributed by atoms with van der Waals surface area (Å²) in [4.78, 5) is 3.78. The molecule has 0 aliphatic rings. The molecule has 1 radical (unpaired) electrons. The third kappa shape index (κ3) is 74.0. The maximum absolute atomic E-state index is 10.2. The Hall–Kier alpha value is -0.925. The van der Waals surface area contributed by atoms with Crippen molar-refractivity contribution in [1.29, 1.82) is 0 Å². The third-order valence-electron chi connectivity index (χ3n) is 0.566. The molecule has 0 saturated carbocycles. The van der Waals surface area contributed by atoms with Gasteiger partial charge >= 0.3 is 7.56 Å². The first-order valence-corrected chi connectivity index (χ1v) is 5.44. The normalized spacial score (nSPS) is 5.75. The van der Waals surface area contributed by atoms with E-state index in [4.69, 9.17) is 0 Å². The highest BCUT2D eigenvalue weighted by Gasteiger charge is 1.58. The summed E-state index contributed by atoms with van der Waals surface area (Å²) in [6, 6.07) is 5.72. The highest BCUT2D eigenvalue weighted by molar-refractivity contribution is 6.23. The molecule has 0 fully saturated rings. The molecule has 1 aromatic heterocycles. The molecule has 0 unspecified atom stereocenters. The molecule has 95 valence electrons. The van der Waals surface area contributed by atoms with Crippen LogP contribution in [0.5, 0.6) is 0 Å². The minimum Gasteiger partial charge on any atom is -0.343 e. The van der Waals surface area contributed by atoms with Gasteiger partial charge in [-0.3, -0.25) is 9.37 Å². The summed E-state index contributed by atoms with van der Waals surface area (Å²) in [6.07, 6.45) is 4.75. The van der Waals surface area contributed by atoms with Crippen LogP contribution in [0.2, 0.25) is 6.82 Å². The number of hydrogen-bond donors (Lipinski definition) is 0. The fraction of sp³-hybridized carbons (Fsp3) is 0.583. The van der Waals surface area contributed by atoms with Crippen LogP contribution in [0.3, 0.4) is 0 Å².